The predicted molar refractivity (Wildman–Crippen MR) is 129 cm³/mol. The number of fused-ring (bicyclic) bond motifs is 1. The summed E-state index contributed by atoms with van der Waals surface area (Å²) in [6.07, 6.45) is 3.48. The van der Waals surface area contributed by atoms with Crippen molar-refractivity contribution < 1.29 is 4.79 Å². The SMILES string of the molecule is O=C(NCc1ccccc1Cl)Nc1ccc2nc(-c3nccs3)c(-c3nccs3)nc2c1. The summed E-state index contributed by atoms with van der Waals surface area (Å²) in [5.74, 6) is 0. The number of amides is 2. The summed E-state index contributed by atoms with van der Waals surface area (Å²) in [6.45, 7) is 0.324. The molecule has 5 rings (SSSR count). The van der Waals surface area contributed by atoms with Crippen LogP contribution in [0.15, 0.2) is 65.6 Å². The molecule has 0 aliphatic carbocycles. The van der Waals surface area contributed by atoms with Crippen LogP contribution < -0.4 is 10.6 Å². The van der Waals surface area contributed by atoms with Gasteiger partial charge in [0.15, 0.2) is 0 Å². The highest BCUT2D eigenvalue weighted by Gasteiger charge is 2.17. The smallest absolute Gasteiger partial charge is 0.319 e. The van der Waals surface area contributed by atoms with Gasteiger partial charge in [0.25, 0.3) is 0 Å². The third-order valence-electron chi connectivity index (χ3n) is 4.59. The first-order valence-electron chi connectivity index (χ1n) is 9.57. The van der Waals surface area contributed by atoms with Crippen LogP contribution in [-0.4, -0.2) is 26.0 Å². The first-order chi connectivity index (χ1) is 15.7. The number of urea groups is 1. The molecule has 10 heteroatoms. The fourth-order valence-electron chi connectivity index (χ4n) is 3.10. The Kier molecular flexibility index (Phi) is 5.76. The Bertz CT molecular complexity index is 1390. The van der Waals surface area contributed by atoms with Crippen LogP contribution in [0, 0.1) is 0 Å². The van der Waals surface area contributed by atoms with Gasteiger partial charge in [-0.05, 0) is 29.8 Å². The van der Waals surface area contributed by atoms with Crippen LogP contribution in [0.4, 0.5) is 10.5 Å². The molecule has 2 N–H and O–H groups in total. The lowest BCUT2D eigenvalue weighted by molar-refractivity contribution is 0.252. The maximum atomic E-state index is 12.4. The Balaban J connectivity index is 1.42. The van der Waals surface area contributed by atoms with Crippen LogP contribution >= 0.6 is 34.3 Å². The molecule has 0 spiro atoms. The molecule has 158 valence electrons. The topological polar surface area (TPSA) is 92.7 Å². The van der Waals surface area contributed by atoms with Gasteiger partial charge in [0, 0.05) is 40.4 Å². The third-order valence-corrected chi connectivity index (χ3v) is 6.52. The van der Waals surface area contributed by atoms with Crippen molar-refractivity contribution in [3.8, 4) is 21.4 Å². The number of nitrogens with zero attached hydrogens (tertiary/aromatic N) is 4. The van der Waals surface area contributed by atoms with E-state index in [4.69, 9.17) is 21.6 Å². The van der Waals surface area contributed by atoms with E-state index in [9.17, 15) is 4.79 Å². The lowest BCUT2D eigenvalue weighted by atomic mass is 10.2. The summed E-state index contributed by atoms with van der Waals surface area (Å²) >= 11 is 9.14. The number of benzene rings is 2. The molecule has 0 unspecified atom stereocenters. The minimum absolute atomic E-state index is 0.324. The molecule has 0 saturated heterocycles. The monoisotopic (exact) mass is 478 g/mol. The molecule has 0 aliphatic heterocycles. The minimum Gasteiger partial charge on any atom is -0.334 e. The second-order valence-electron chi connectivity index (χ2n) is 6.70. The van der Waals surface area contributed by atoms with Gasteiger partial charge in [-0.1, -0.05) is 29.8 Å². The van der Waals surface area contributed by atoms with Crippen molar-refractivity contribution in [3.63, 3.8) is 0 Å². The number of hydrogen-bond donors (Lipinski definition) is 2. The number of halogens is 1. The Labute approximate surface area is 196 Å². The third kappa shape index (κ3) is 4.31. The molecule has 3 aromatic heterocycles. The Morgan fingerprint density at radius 2 is 1.59 bits per heavy atom. The number of nitrogens with one attached hydrogen (secondary N) is 2. The molecular weight excluding hydrogens is 464 g/mol. The van der Waals surface area contributed by atoms with Gasteiger partial charge in [0.05, 0.1) is 11.0 Å². The number of carbonyl (C=O) groups excluding carboxylic acids is 1. The van der Waals surface area contributed by atoms with Gasteiger partial charge in [-0.3, -0.25) is 0 Å². The maximum absolute atomic E-state index is 12.4. The Morgan fingerprint density at radius 3 is 2.25 bits per heavy atom. The second kappa shape index (κ2) is 8.99. The zero-order chi connectivity index (χ0) is 21.9. The van der Waals surface area contributed by atoms with Crippen molar-refractivity contribution >= 4 is 57.0 Å². The minimum atomic E-state index is -0.336. The number of thiazole rings is 2. The largest absolute Gasteiger partial charge is 0.334 e. The van der Waals surface area contributed by atoms with E-state index >= 15 is 0 Å². The number of carbonyl (C=O) groups is 1. The average molecular weight is 479 g/mol. The lowest BCUT2D eigenvalue weighted by Gasteiger charge is -2.10. The van der Waals surface area contributed by atoms with Crippen molar-refractivity contribution in [2.75, 3.05) is 5.32 Å². The van der Waals surface area contributed by atoms with Gasteiger partial charge >= 0.3 is 6.03 Å². The average Bonchev–Trinajstić information content (AvgIpc) is 3.52. The van der Waals surface area contributed by atoms with Crippen molar-refractivity contribution in [2.45, 2.75) is 6.54 Å². The van der Waals surface area contributed by atoms with E-state index in [1.807, 2.05) is 35.0 Å². The molecule has 0 radical (unpaired) electrons. The summed E-state index contributed by atoms with van der Waals surface area (Å²) < 4.78 is 0. The van der Waals surface area contributed by atoms with Crippen LogP contribution in [-0.2, 0) is 6.54 Å². The zero-order valence-electron chi connectivity index (χ0n) is 16.4. The van der Waals surface area contributed by atoms with Crippen LogP contribution in [0.1, 0.15) is 5.56 Å². The molecule has 3 heterocycles. The molecule has 0 atom stereocenters. The van der Waals surface area contributed by atoms with Crippen molar-refractivity contribution in [3.05, 3.63) is 76.2 Å². The van der Waals surface area contributed by atoms with Gasteiger partial charge in [0.2, 0.25) is 0 Å². The van der Waals surface area contributed by atoms with Gasteiger partial charge in [-0.15, -0.1) is 22.7 Å². The molecular formula is C22H15ClN6OS2. The number of aromatic nitrogens is 4. The summed E-state index contributed by atoms with van der Waals surface area (Å²) in [7, 11) is 0. The van der Waals surface area contributed by atoms with Gasteiger partial charge < -0.3 is 10.6 Å². The second-order valence-corrected chi connectivity index (χ2v) is 8.89. The predicted octanol–water partition coefficient (Wildman–Crippen LogP) is 5.85. The summed E-state index contributed by atoms with van der Waals surface area (Å²) in [6, 6.07) is 12.5. The standard InChI is InChI=1S/C22H15ClN6OS2/c23-15-4-2-1-3-13(15)12-26-22(30)27-14-5-6-16-17(11-14)29-19(21-25-8-10-32-21)18(28-16)20-24-7-9-31-20/h1-11H,12H2,(H2,26,27,30). The summed E-state index contributed by atoms with van der Waals surface area (Å²) in [4.78, 5) is 30.8. The molecule has 2 aromatic carbocycles. The van der Waals surface area contributed by atoms with Crippen molar-refractivity contribution in [2.24, 2.45) is 0 Å². The molecule has 0 fully saturated rings. The first-order valence-corrected chi connectivity index (χ1v) is 11.7. The van der Waals surface area contributed by atoms with E-state index in [2.05, 4.69) is 20.6 Å². The Hall–Kier alpha value is -3.40. The highest BCUT2D eigenvalue weighted by Crippen LogP contribution is 2.33. The van der Waals surface area contributed by atoms with Crippen molar-refractivity contribution in [1.29, 1.82) is 0 Å². The first kappa shape index (κ1) is 20.5. The Morgan fingerprint density at radius 1 is 0.906 bits per heavy atom. The summed E-state index contributed by atoms with van der Waals surface area (Å²) in [5, 5.41) is 11.6. The fraction of sp³-hybridized carbons (Fsp3) is 0.0455. The van der Waals surface area contributed by atoms with E-state index in [0.29, 0.717) is 39.7 Å². The lowest BCUT2D eigenvalue weighted by Crippen LogP contribution is -2.28. The van der Waals surface area contributed by atoms with Crippen LogP contribution in [0.5, 0.6) is 0 Å². The highest BCUT2D eigenvalue weighted by atomic mass is 35.5. The molecule has 0 saturated carbocycles. The quantitative estimate of drug-likeness (QED) is 0.330. The van der Waals surface area contributed by atoms with E-state index in [1.54, 1.807) is 30.6 Å². The molecule has 2 amide bonds. The summed E-state index contributed by atoms with van der Waals surface area (Å²) in [5.41, 5.74) is 4.17. The van der Waals surface area contributed by atoms with Crippen LogP contribution in [0.25, 0.3) is 32.4 Å². The molecule has 0 aliphatic rings. The number of hydrogen-bond acceptors (Lipinski definition) is 7. The van der Waals surface area contributed by atoms with E-state index in [0.717, 1.165) is 15.6 Å². The highest BCUT2D eigenvalue weighted by molar-refractivity contribution is 7.14. The number of rotatable bonds is 5. The van der Waals surface area contributed by atoms with E-state index in [-0.39, 0.29) is 6.03 Å². The maximum Gasteiger partial charge on any atom is 0.319 e. The molecule has 7 nitrogen and oxygen atoms in total. The normalized spacial score (nSPS) is 10.9. The van der Waals surface area contributed by atoms with E-state index in [1.165, 1.54) is 22.7 Å². The van der Waals surface area contributed by atoms with Crippen LogP contribution in [0.2, 0.25) is 5.02 Å². The van der Waals surface area contributed by atoms with Gasteiger partial charge in [-0.25, -0.2) is 24.7 Å². The van der Waals surface area contributed by atoms with Gasteiger partial charge in [-0.2, -0.15) is 0 Å². The molecule has 0 bridgehead atoms. The van der Waals surface area contributed by atoms with E-state index < -0.39 is 0 Å². The van der Waals surface area contributed by atoms with Crippen LogP contribution in [0.3, 0.4) is 0 Å². The molecule has 5 aromatic rings. The van der Waals surface area contributed by atoms with Gasteiger partial charge in [0.1, 0.15) is 21.4 Å². The van der Waals surface area contributed by atoms with Crippen molar-refractivity contribution in [1.82, 2.24) is 25.3 Å². The molecule has 32 heavy (non-hydrogen) atoms. The zero-order valence-corrected chi connectivity index (χ0v) is 18.8. The fourth-order valence-corrected chi connectivity index (χ4v) is 4.56. The number of anilines is 1.